The summed E-state index contributed by atoms with van der Waals surface area (Å²) in [7, 11) is 0. The minimum Gasteiger partial charge on any atom is -0.352 e. The lowest BCUT2D eigenvalue weighted by Crippen LogP contribution is -2.35. The van der Waals surface area contributed by atoms with Crippen LogP contribution in [0.15, 0.2) is 24.3 Å². The van der Waals surface area contributed by atoms with Crippen molar-refractivity contribution in [1.82, 2.24) is 15.1 Å². The normalized spacial score (nSPS) is 16.1. The number of aryl methyl sites for hydroxylation is 1. The molecule has 4 heteroatoms. The van der Waals surface area contributed by atoms with Gasteiger partial charge in [-0.2, -0.15) is 5.10 Å². The smallest absolute Gasteiger partial charge is 0.241 e. The third-order valence-electron chi connectivity index (χ3n) is 3.86. The van der Waals surface area contributed by atoms with Gasteiger partial charge in [-0.15, -0.1) is 0 Å². The largest absolute Gasteiger partial charge is 0.352 e. The number of amides is 1. The Morgan fingerprint density at radius 3 is 2.89 bits per heavy atom. The maximum atomic E-state index is 12.0. The summed E-state index contributed by atoms with van der Waals surface area (Å²) in [5, 5.41) is 8.68. The van der Waals surface area contributed by atoms with Crippen molar-refractivity contribution in [3.8, 4) is 0 Å². The number of nitrogens with zero attached hydrogens (tertiary/aromatic N) is 2. The minimum absolute atomic E-state index is 0.0696. The third kappa shape index (κ3) is 2.48. The van der Waals surface area contributed by atoms with Gasteiger partial charge in [0.1, 0.15) is 6.54 Å². The molecule has 0 radical (unpaired) electrons. The van der Waals surface area contributed by atoms with Crippen LogP contribution in [0.3, 0.4) is 0 Å². The molecule has 1 aliphatic rings. The van der Waals surface area contributed by atoms with E-state index >= 15 is 0 Å². The summed E-state index contributed by atoms with van der Waals surface area (Å²) in [4.78, 5) is 12.0. The second kappa shape index (κ2) is 5.03. The van der Waals surface area contributed by atoms with E-state index in [0.29, 0.717) is 12.6 Å². The molecular weight excluding hydrogens is 238 g/mol. The number of rotatable bonds is 3. The fourth-order valence-corrected chi connectivity index (χ4v) is 2.89. The number of carbonyl (C=O) groups is 1. The van der Waals surface area contributed by atoms with Gasteiger partial charge in [-0.25, -0.2) is 0 Å². The number of aromatic nitrogens is 2. The molecule has 1 N–H and O–H groups in total. The first-order valence-electron chi connectivity index (χ1n) is 6.95. The highest BCUT2D eigenvalue weighted by atomic mass is 16.2. The lowest BCUT2D eigenvalue weighted by Gasteiger charge is -2.12. The molecule has 2 aromatic rings. The molecule has 0 bridgehead atoms. The number of para-hydroxylation sites is 1. The standard InChI is InChI=1S/C15H19N3O/c1-11-13-8-4-5-9-14(13)18(17-11)10-15(19)16-12-6-2-3-7-12/h4-5,8-9,12H,2-3,6-7,10H2,1H3,(H,16,19). The molecule has 1 amide bonds. The molecule has 1 saturated carbocycles. The highest BCUT2D eigenvalue weighted by Gasteiger charge is 2.18. The van der Waals surface area contributed by atoms with Gasteiger partial charge in [-0.05, 0) is 25.8 Å². The molecule has 1 aliphatic carbocycles. The summed E-state index contributed by atoms with van der Waals surface area (Å²) in [6.07, 6.45) is 4.69. The average molecular weight is 257 g/mol. The van der Waals surface area contributed by atoms with Gasteiger partial charge in [0.2, 0.25) is 5.91 Å². The van der Waals surface area contributed by atoms with E-state index in [2.05, 4.69) is 10.4 Å². The summed E-state index contributed by atoms with van der Waals surface area (Å²) in [5.74, 6) is 0.0696. The SMILES string of the molecule is Cc1nn(CC(=O)NC2CCCC2)c2ccccc12. The molecule has 0 saturated heterocycles. The Morgan fingerprint density at radius 1 is 1.37 bits per heavy atom. The maximum absolute atomic E-state index is 12.0. The summed E-state index contributed by atoms with van der Waals surface area (Å²) in [5.41, 5.74) is 2.01. The van der Waals surface area contributed by atoms with E-state index in [-0.39, 0.29) is 5.91 Å². The number of carbonyl (C=O) groups excluding carboxylic acids is 1. The monoisotopic (exact) mass is 257 g/mol. The van der Waals surface area contributed by atoms with E-state index in [9.17, 15) is 4.79 Å². The Kier molecular flexibility index (Phi) is 3.23. The Balaban J connectivity index is 1.75. The molecule has 3 rings (SSSR count). The molecule has 100 valence electrons. The average Bonchev–Trinajstić information content (AvgIpc) is 3.00. The Morgan fingerprint density at radius 2 is 2.11 bits per heavy atom. The van der Waals surface area contributed by atoms with Gasteiger partial charge in [-0.1, -0.05) is 31.0 Å². The second-order valence-electron chi connectivity index (χ2n) is 5.31. The van der Waals surface area contributed by atoms with Gasteiger partial charge in [-0.3, -0.25) is 9.48 Å². The first-order valence-corrected chi connectivity index (χ1v) is 6.95. The van der Waals surface area contributed by atoms with Gasteiger partial charge in [0, 0.05) is 11.4 Å². The van der Waals surface area contributed by atoms with E-state index < -0.39 is 0 Å². The van der Waals surface area contributed by atoms with E-state index in [0.717, 1.165) is 29.4 Å². The van der Waals surface area contributed by atoms with E-state index in [1.807, 2.05) is 31.2 Å². The summed E-state index contributed by atoms with van der Waals surface area (Å²) >= 11 is 0. The highest BCUT2D eigenvalue weighted by Crippen LogP contribution is 2.19. The van der Waals surface area contributed by atoms with Gasteiger partial charge < -0.3 is 5.32 Å². The highest BCUT2D eigenvalue weighted by molar-refractivity contribution is 5.84. The van der Waals surface area contributed by atoms with Crippen LogP contribution in [0.5, 0.6) is 0 Å². The van der Waals surface area contributed by atoms with Crippen LogP contribution in [0.2, 0.25) is 0 Å². The fraction of sp³-hybridized carbons (Fsp3) is 0.467. The Labute approximate surface area is 112 Å². The molecule has 1 aromatic carbocycles. The van der Waals surface area contributed by atoms with Crippen molar-refractivity contribution < 1.29 is 4.79 Å². The van der Waals surface area contributed by atoms with Crippen LogP contribution in [0.4, 0.5) is 0 Å². The molecule has 19 heavy (non-hydrogen) atoms. The zero-order chi connectivity index (χ0) is 13.2. The lowest BCUT2D eigenvalue weighted by atomic mass is 10.2. The fourth-order valence-electron chi connectivity index (χ4n) is 2.89. The van der Waals surface area contributed by atoms with Crippen LogP contribution in [-0.2, 0) is 11.3 Å². The summed E-state index contributed by atoms with van der Waals surface area (Å²) in [6.45, 7) is 2.29. The van der Waals surface area contributed by atoms with E-state index in [4.69, 9.17) is 0 Å². The topological polar surface area (TPSA) is 46.9 Å². The van der Waals surface area contributed by atoms with Crippen molar-refractivity contribution in [1.29, 1.82) is 0 Å². The number of hydrogen-bond acceptors (Lipinski definition) is 2. The molecule has 0 unspecified atom stereocenters. The summed E-state index contributed by atoms with van der Waals surface area (Å²) < 4.78 is 1.80. The predicted molar refractivity (Wildman–Crippen MR) is 74.9 cm³/mol. The van der Waals surface area contributed by atoms with Crippen LogP contribution in [0.25, 0.3) is 10.9 Å². The van der Waals surface area contributed by atoms with Crippen molar-refractivity contribution >= 4 is 16.8 Å². The molecule has 0 aliphatic heterocycles. The van der Waals surface area contributed by atoms with Crippen molar-refractivity contribution in [3.63, 3.8) is 0 Å². The molecule has 1 heterocycles. The number of fused-ring (bicyclic) bond motifs is 1. The Hall–Kier alpha value is -1.84. The minimum atomic E-state index is 0.0696. The molecule has 1 fully saturated rings. The van der Waals surface area contributed by atoms with Crippen LogP contribution in [0, 0.1) is 6.92 Å². The van der Waals surface area contributed by atoms with Crippen LogP contribution < -0.4 is 5.32 Å². The predicted octanol–water partition coefficient (Wildman–Crippen LogP) is 2.40. The molecule has 4 nitrogen and oxygen atoms in total. The molecule has 0 atom stereocenters. The van der Waals surface area contributed by atoms with Crippen molar-refractivity contribution in [2.24, 2.45) is 0 Å². The van der Waals surface area contributed by atoms with Gasteiger partial charge in [0.15, 0.2) is 0 Å². The maximum Gasteiger partial charge on any atom is 0.241 e. The van der Waals surface area contributed by atoms with Crippen LogP contribution in [0.1, 0.15) is 31.4 Å². The van der Waals surface area contributed by atoms with E-state index in [1.54, 1.807) is 4.68 Å². The van der Waals surface area contributed by atoms with E-state index in [1.165, 1.54) is 12.8 Å². The van der Waals surface area contributed by atoms with Gasteiger partial charge in [0.25, 0.3) is 0 Å². The number of nitrogens with one attached hydrogen (secondary N) is 1. The molecular formula is C15H19N3O. The zero-order valence-corrected chi connectivity index (χ0v) is 11.2. The van der Waals surface area contributed by atoms with Gasteiger partial charge in [0.05, 0.1) is 11.2 Å². The summed E-state index contributed by atoms with van der Waals surface area (Å²) in [6, 6.07) is 8.41. The van der Waals surface area contributed by atoms with Crippen molar-refractivity contribution in [3.05, 3.63) is 30.0 Å². The molecule has 0 spiro atoms. The lowest BCUT2D eigenvalue weighted by molar-refractivity contribution is -0.122. The van der Waals surface area contributed by atoms with Crippen molar-refractivity contribution in [2.45, 2.75) is 45.2 Å². The third-order valence-corrected chi connectivity index (χ3v) is 3.86. The first kappa shape index (κ1) is 12.2. The molecule has 1 aromatic heterocycles. The first-order chi connectivity index (χ1) is 9.24. The van der Waals surface area contributed by atoms with Gasteiger partial charge >= 0.3 is 0 Å². The van der Waals surface area contributed by atoms with Crippen LogP contribution >= 0.6 is 0 Å². The second-order valence-corrected chi connectivity index (χ2v) is 5.31. The van der Waals surface area contributed by atoms with Crippen LogP contribution in [-0.4, -0.2) is 21.7 Å². The zero-order valence-electron chi connectivity index (χ0n) is 11.2. The van der Waals surface area contributed by atoms with Crippen molar-refractivity contribution in [2.75, 3.05) is 0 Å². The number of benzene rings is 1. The Bertz CT molecular complexity index is 596. The quantitative estimate of drug-likeness (QED) is 0.917. The number of hydrogen-bond donors (Lipinski definition) is 1.